The molecule has 0 aliphatic carbocycles. The van der Waals surface area contributed by atoms with Crippen LogP contribution in [0, 0.1) is 23.7 Å². The van der Waals surface area contributed by atoms with E-state index in [-0.39, 0.29) is 37.0 Å². The number of ether oxygens (including phenoxy) is 1. The molecular weight excluding hydrogens is 658 g/mol. The highest BCUT2D eigenvalue weighted by molar-refractivity contribution is 5.96. The van der Waals surface area contributed by atoms with Gasteiger partial charge in [0.1, 0.15) is 36.3 Å². The molecule has 5 amide bonds. The van der Waals surface area contributed by atoms with Crippen molar-refractivity contribution in [3.05, 3.63) is 0 Å². The molecule has 1 heterocycles. The Balaban J connectivity index is 3.60. The van der Waals surface area contributed by atoms with Crippen LogP contribution in [-0.4, -0.2) is 94.7 Å². The maximum atomic E-state index is 13.8. The Labute approximate surface area is 304 Å². The van der Waals surface area contributed by atoms with Crippen molar-refractivity contribution in [1.29, 1.82) is 0 Å². The fourth-order valence-electron chi connectivity index (χ4n) is 5.89. The molecule has 1 rings (SSSR count). The average Bonchev–Trinajstić information content (AvgIpc) is 3.03. The summed E-state index contributed by atoms with van der Waals surface area (Å²) in [7, 11) is 0. The maximum Gasteiger partial charge on any atom is 0.329 e. The number of carbonyl (C=O) groups is 6. The van der Waals surface area contributed by atoms with Crippen LogP contribution in [0.1, 0.15) is 127 Å². The van der Waals surface area contributed by atoms with E-state index in [0.717, 1.165) is 25.7 Å². The standard InChI is InChI=1S/C37H67N5O9/c1-10-24(8)31-37(50)51-26(16-14-12-11-13-15-21(2)3)19-30(45)38-27(17-22(4)5)33(46)40-29(20-43)35(48)42-32(25(9)44)36(49)39-28(18-23(6)7)34(47)41-31/h21-29,31-32,43-44H,10-20H2,1-9H3,(H,38,45)(H,39,49)(H,40,46)(H,41,47)(H,42,48)/t24-,25+,26?,27+,28+,29-,31-,32-/m0/s1. The third kappa shape index (κ3) is 17.2. The van der Waals surface area contributed by atoms with Gasteiger partial charge in [0.05, 0.1) is 19.1 Å². The lowest BCUT2D eigenvalue weighted by Gasteiger charge is -2.29. The van der Waals surface area contributed by atoms with Crippen LogP contribution in [0.2, 0.25) is 0 Å². The number of aliphatic hydroxyl groups is 2. The van der Waals surface area contributed by atoms with E-state index < -0.39 is 84.5 Å². The van der Waals surface area contributed by atoms with E-state index in [9.17, 15) is 39.0 Å². The van der Waals surface area contributed by atoms with Crippen molar-refractivity contribution >= 4 is 35.5 Å². The molecule has 0 aromatic carbocycles. The predicted molar refractivity (Wildman–Crippen MR) is 194 cm³/mol. The first-order valence-electron chi connectivity index (χ1n) is 18.9. The molecule has 0 spiro atoms. The molecule has 1 unspecified atom stereocenters. The summed E-state index contributed by atoms with van der Waals surface area (Å²) in [5, 5.41) is 33.4. The lowest BCUT2D eigenvalue weighted by atomic mass is 9.97. The number of nitrogens with one attached hydrogen (secondary N) is 5. The van der Waals surface area contributed by atoms with E-state index in [1.54, 1.807) is 6.92 Å². The van der Waals surface area contributed by atoms with Gasteiger partial charge in [-0.2, -0.15) is 0 Å². The highest BCUT2D eigenvalue weighted by atomic mass is 16.5. The number of hydrogen-bond donors (Lipinski definition) is 7. The third-order valence-electron chi connectivity index (χ3n) is 9.10. The first-order chi connectivity index (χ1) is 23.9. The van der Waals surface area contributed by atoms with Gasteiger partial charge in [0.15, 0.2) is 0 Å². The van der Waals surface area contributed by atoms with Crippen LogP contribution in [0.5, 0.6) is 0 Å². The SMILES string of the molecule is CC[C@H](C)[C@@H]1NC(=O)[C@@H](CC(C)C)NC(=O)[C@H]([C@@H](C)O)NC(=O)[C@H](CO)NC(=O)[C@@H](CC(C)C)NC(=O)CC(CCCCCCC(C)C)OC1=O. The highest BCUT2D eigenvalue weighted by Crippen LogP contribution is 2.19. The van der Waals surface area contributed by atoms with Crippen molar-refractivity contribution in [2.75, 3.05) is 6.61 Å². The highest BCUT2D eigenvalue weighted by Gasteiger charge is 2.37. The predicted octanol–water partition coefficient (Wildman–Crippen LogP) is 2.23. The molecule has 14 heteroatoms. The average molecular weight is 726 g/mol. The smallest absolute Gasteiger partial charge is 0.329 e. The maximum absolute atomic E-state index is 13.8. The molecule has 1 saturated heterocycles. The fourth-order valence-corrected chi connectivity index (χ4v) is 5.89. The number of cyclic esters (lactones) is 1. The van der Waals surface area contributed by atoms with Crippen LogP contribution in [0.3, 0.4) is 0 Å². The van der Waals surface area contributed by atoms with Gasteiger partial charge in [0.2, 0.25) is 29.5 Å². The molecular formula is C37H67N5O9. The van der Waals surface area contributed by atoms with Crippen molar-refractivity contribution in [1.82, 2.24) is 26.6 Å². The van der Waals surface area contributed by atoms with Crippen LogP contribution in [0.15, 0.2) is 0 Å². The molecule has 1 fully saturated rings. The number of hydrogen-bond acceptors (Lipinski definition) is 9. The zero-order valence-corrected chi connectivity index (χ0v) is 32.4. The van der Waals surface area contributed by atoms with Gasteiger partial charge >= 0.3 is 5.97 Å². The molecule has 0 radical (unpaired) electrons. The first-order valence-corrected chi connectivity index (χ1v) is 18.9. The minimum atomic E-state index is -1.55. The quantitative estimate of drug-likeness (QED) is 0.0973. The second kappa shape index (κ2) is 23.3. The van der Waals surface area contributed by atoms with Crippen molar-refractivity contribution in [3.63, 3.8) is 0 Å². The zero-order chi connectivity index (χ0) is 38.8. The van der Waals surface area contributed by atoms with Crippen molar-refractivity contribution in [2.24, 2.45) is 23.7 Å². The van der Waals surface area contributed by atoms with Crippen molar-refractivity contribution < 1.29 is 43.7 Å². The summed E-state index contributed by atoms with van der Waals surface area (Å²) >= 11 is 0. The van der Waals surface area contributed by atoms with Gasteiger partial charge in [-0.3, -0.25) is 24.0 Å². The van der Waals surface area contributed by atoms with Crippen LogP contribution in [0.25, 0.3) is 0 Å². The monoisotopic (exact) mass is 725 g/mol. The topological polar surface area (TPSA) is 212 Å². The Morgan fingerprint density at radius 2 is 1.16 bits per heavy atom. The van der Waals surface area contributed by atoms with Crippen LogP contribution in [-0.2, 0) is 33.5 Å². The Kier molecular flexibility index (Phi) is 20.9. The summed E-state index contributed by atoms with van der Waals surface area (Å²) in [6.07, 6.45) is 3.51. The summed E-state index contributed by atoms with van der Waals surface area (Å²) in [5.74, 6) is -4.35. The number of unbranched alkanes of at least 4 members (excludes halogenated alkanes) is 3. The summed E-state index contributed by atoms with van der Waals surface area (Å²) in [5.41, 5.74) is 0. The van der Waals surface area contributed by atoms with Gasteiger partial charge in [-0.25, -0.2) is 4.79 Å². The molecule has 8 atom stereocenters. The lowest BCUT2D eigenvalue weighted by Crippen LogP contribution is -2.62. The van der Waals surface area contributed by atoms with Gasteiger partial charge in [-0.05, 0) is 56.3 Å². The number of aliphatic hydroxyl groups excluding tert-OH is 2. The van der Waals surface area contributed by atoms with E-state index >= 15 is 0 Å². The van der Waals surface area contributed by atoms with Gasteiger partial charge in [0.25, 0.3) is 0 Å². The first kappa shape index (κ1) is 45.8. The summed E-state index contributed by atoms with van der Waals surface area (Å²) < 4.78 is 5.97. The molecule has 7 N–H and O–H groups in total. The van der Waals surface area contributed by atoms with E-state index in [2.05, 4.69) is 40.4 Å². The molecule has 0 aromatic rings. The molecule has 294 valence electrons. The zero-order valence-electron chi connectivity index (χ0n) is 32.4. The van der Waals surface area contributed by atoms with Crippen LogP contribution < -0.4 is 26.6 Å². The number of rotatable bonds is 15. The van der Waals surface area contributed by atoms with E-state index in [1.807, 2.05) is 34.6 Å². The molecule has 51 heavy (non-hydrogen) atoms. The molecule has 0 saturated carbocycles. The Hall–Kier alpha value is -3.26. The van der Waals surface area contributed by atoms with Crippen LogP contribution in [0.4, 0.5) is 0 Å². The Morgan fingerprint density at radius 1 is 0.647 bits per heavy atom. The van der Waals surface area contributed by atoms with Crippen LogP contribution >= 0.6 is 0 Å². The number of amides is 5. The van der Waals surface area contributed by atoms with E-state index in [1.165, 1.54) is 6.92 Å². The third-order valence-corrected chi connectivity index (χ3v) is 9.10. The molecule has 14 nitrogen and oxygen atoms in total. The Morgan fingerprint density at radius 3 is 1.69 bits per heavy atom. The second-order valence-electron chi connectivity index (χ2n) is 15.4. The van der Waals surface area contributed by atoms with Crippen molar-refractivity contribution in [2.45, 2.75) is 169 Å². The van der Waals surface area contributed by atoms with E-state index in [0.29, 0.717) is 25.2 Å². The summed E-state index contributed by atoms with van der Waals surface area (Å²) in [6, 6.07) is -6.40. The summed E-state index contributed by atoms with van der Waals surface area (Å²) in [6.45, 7) is 15.8. The molecule has 0 bridgehead atoms. The molecule has 1 aliphatic heterocycles. The molecule has 1 aliphatic rings. The second-order valence-corrected chi connectivity index (χ2v) is 15.4. The fraction of sp³-hybridized carbons (Fsp3) is 0.838. The van der Waals surface area contributed by atoms with Gasteiger partial charge < -0.3 is 41.5 Å². The minimum absolute atomic E-state index is 0.0504. The van der Waals surface area contributed by atoms with Crippen molar-refractivity contribution in [3.8, 4) is 0 Å². The largest absolute Gasteiger partial charge is 0.460 e. The number of esters is 1. The summed E-state index contributed by atoms with van der Waals surface area (Å²) in [4.78, 5) is 81.2. The Bertz CT molecular complexity index is 1130. The van der Waals surface area contributed by atoms with Gasteiger partial charge in [-0.15, -0.1) is 0 Å². The van der Waals surface area contributed by atoms with Gasteiger partial charge in [-0.1, -0.05) is 87.5 Å². The normalized spacial score (nSPS) is 26.2. The lowest BCUT2D eigenvalue weighted by molar-refractivity contribution is -0.156. The van der Waals surface area contributed by atoms with Gasteiger partial charge in [0, 0.05) is 0 Å². The minimum Gasteiger partial charge on any atom is -0.460 e. The molecule has 0 aromatic heterocycles. The number of carbonyl (C=O) groups excluding carboxylic acids is 6. The van der Waals surface area contributed by atoms with E-state index in [4.69, 9.17) is 4.74 Å².